The average molecular weight is 486 g/mol. The number of hydrogen-bond donors (Lipinski definition) is 1. The lowest BCUT2D eigenvalue weighted by atomic mass is 10.2. The predicted octanol–water partition coefficient (Wildman–Crippen LogP) is 5.63. The topological polar surface area (TPSA) is 71.0 Å². The molecule has 1 aliphatic rings. The van der Waals surface area contributed by atoms with Crippen LogP contribution in [0.15, 0.2) is 101 Å². The molecule has 1 fully saturated rings. The molecule has 3 aromatic carbocycles. The van der Waals surface area contributed by atoms with Gasteiger partial charge in [0.2, 0.25) is 5.91 Å². The molecule has 178 valence electrons. The fourth-order valence-electron chi connectivity index (χ4n) is 3.43. The molecule has 0 unspecified atom stereocenters. The lowest BCUT2D eigenvalue weighted by Crippen LogP contribution is -2.29. The summed E-state index contributed by atoms with van der Waals surface area (Å²) in [6.07, 6.45) is 2.27. The van der Waals surface area contributed by atoms with E-state index in [9.17, 15) is 9.59 Å². The molecule has 0 aliphatic carbocycles. The molecule has 0 radical (unpaired) electrons. The predicted molar refractivity (Wildman–Crippen MR) is 141 cm³/mol. The monoisotopic (exact) mass is 485 g/mol. The quantitative estimate of drug-likeness (QED) is 0.399. The van der Waals surface area contributed by atoms with Crippen LogP contribution in [0.2, 0.25) is 0 Å². The van der Waals surface area contributed by atoms with Gasteiger partial charge in [0.25, 0.3) is 5.91 Å². The first-order valence-electron chi connectivity index (χ1n) is 11.5. The minimum atomic E-state index is -0.368. The summed E-state index contributed by atoms with van der Waals surface area (Å²) in [7, 11) is 0. The number of anilines is 1. The van der Waals surface area contributed by atoms with E-state index in [1.807, 2.05) is 79.7 Å². The van der Waals surface area contributed by atoms with Gasteiger partial charge in [-0.3, -0.25) is 19.5 Å². The Morgan fingerprint density at radius 3 is 2.29 bits per heavy atom. The summed E-state index contributed by atoms with van der Waals surface area (Å²) in [5.74, 6) is 0.150. The van der Waals surface area contributed by atoms with E-state index < -0.39 is 0 Å². The molecule has 0 atom stereocenters. The summed E-state index contributed by atoms with van der Waals surface area (Å²) >= 11 is 1.22. The molecule has 6 nitrogen and oxygen atoms in total. The maximum absolute atomic E-state index is 13.2. The molecule has 3 aromatic rings. The maximum atomic E-state index is 13.2. The molecule has 4 rings (SSSR count). The van der Waals surface area contributed by atoms with Crippen LogP contribution >= 0.6 is 11.8 Å². The van der Waals surface area contributed by atoms with Crippen LogP contribution in [-0.4, -0.2) is 28.5 Å². The van der Waals surface area contributed by atoms with Gasteiger partial charge >= 0.3 is 0 Å². The molecule has 2 amide bonds. The number of aliphatic imine (C=N–C) groups is 1. The van der Waals surface area contributed by atoms with Crippen LogP contribution < -0.4 is 10.1 Å². The van der Waals surface area contributed by atoms with Gasteiger partial charge in [0.1, 0.15) is 5.75 Å². The third kappa shape index (κ3) is 6.83. The van der Waals surface area contributed by atoms with Crippen molar-refractivity contribution in [1.29, 1.82) is 0 Å². The third-order valence-corrected chi connectivity index (χ3v) is 6.21. The van der Waals surface area contributed by atoms with Crippen LogP contribution in [0.5, 0.6) is 5.75 Å². The van der Waals surface area contributed by atoms with E-state index in [4.69, 9.17) is 9.73 Å². The fraction of sp³-hybridized carbons (Fsp3) is 0.179. The summed E-state index contributed by atoms with van der Waals surface area (Å²) in [4.78, 5) is 32.6. The number of benzene rings is 3. The van der Waals surface area contributed by atoms with Crippen LogP contribution in [0.3, 0.4) is 0 Å². The first kappa shape index (κ1) is 24.3. The van der Waals surface area contributed by atoms with E-state index in [1.54, 1.807) is 17.0 Å². The zero-order valence-electron chi connectivity index (χ0n) is 19.5. The number of carbonyl (C=O) groups excluding carboxylic acids is 2. The molecule has 0 spiro atoms. The largest absolute Gasteiger partial charge is 0.494 e. The fourth-order valence-corrected chi connectivity index (χ4v) is 4.37. The first-order chi connectivity index (χ1) is 17.1. The summed E-state index contributed by atoms with van der Waals surface area (Å²) < 4.78 is 5.57. The number of carbonyl (C=O) groups is 2. The Balaban J connectivity index is 1.49. The maximum Gasteiger partial charge on any atom is 0.267 e. The lowest BCUT2D eigenvalue weighted by Gasteiger charge is -2.15. The smallest absolute Gasteiger partial charge is 0.267 e. The Labute approximate surface area is 209 Å². The molecule has 1 saturated heterocycles. The van der Waals surface area contributed by atoms with Crippen molar-refractivity contribution in [1.82, 2.24) is 4.90 Å². The van der Waals surface area contributed by atoms with Gasteiger partial charge in [-0.05, 0) is 53.6 Å². The summed E-state index contributed by atoms with van der Waals surface area (Å²) in [6, 6.07) is 26.8. The van der Waals surface area contributed by atoms with Crippen molar-refractivity contribution >= 4 is 34.4 Å². The molecule has 1 heterocycles. The Kier molecular flexibility index (Phi) is 8.35. The minimum Gasteiger partial charge on any atom is -0.494 e. The highest BCUT2D eigenvalue weighted by Crippen LogP contribution is 2.32. The number of nitrogens with one attached hydrogen (secondary N) is 1. The van der Waals surface area contributed by atoms with Crippen molar-refractivity contribution < 1.29 is 14.3 Å². The number of ether oxygens (including phenoxy) is 1. The Morgan fingerprint density at radius 1 is 0.971 bits per heavy atom. The van der Waals surface area contributed by atoms with E-state index in [0.29, 0.717) is 35.5 Å². The molecular formula is C28H27N3O3S. The molecule has 0 bridgehead atoms. The first-order valence-corrected chi connectivity index (χ1v) is 12.3. The molecular weight excluding hydrogens is 458 g/mol. The molecule has 1 aliphatic heterocycles. The number of rotatable bonds is 9. The number of amides is 2. The van der Waals surface area contributed by atoms with E-state index in [1.165, 1.54) is 17.8 Å². The Bertz CT molecular complexity index is 1210. The van der Waals surface area contributed by atoms with E-state index in [0.717, 1.165) is 23.3 Å². The summed E-state index contributed by atoms with van der Waals surface area (Å²) in [5, 5.41) is 3.40. The van der Waals surface area contributed by atoms with Gasteiger partial charge in [-0.25, -0.2) is 0 Å². The second-order valence-corrected chi connectivity index (χ2v) is 8.94. The number of thioether (sulfide) groups is 1. The highest BCUT2D eigenvalue weighted by atomic mass is 32.2. The van der Waals surface area contributed by atoms with Crippen molar-refractivity contribution in [3.63, 3.8) is 0 Å². The van der Waals surface area contributed by atoms with Crippen molar-refractivity contribution in [2.24, 2.45) is 4.99 Å². The van der Waals surface area contributed by atoms with Gasteiger partial charge in [-0.1, -0.05) is 67.6 Å². The summed E-state index contributed by atoms with van der Waals surface area (Å²) in [6.45, 7) is 3.53. The van der Waals surface area contributed by atoms with E-state index >= 15 is 0 Å². The van der Waals surface area contributed by atoms with Crippen molar-refractivity contribution in [2.45, 2.75) is 26.4 Å². The summed E-state index contributed by atoms with van der Waals surface area (Å²) in [5.41, 5.74) is 2.67. The standard InChI is InChI=1S/C28H27N3O3S/c1-2-17-34-24-15-13-23(14-16-24)30-26(32)18-25-27(33)31(20-22-11-7-4-8-12-22)28(35-25)29-19-21-9-5-3-6-10-21/h3-16,18H,2,17,19-20H2,1H3,(H,30,32)/b25-18+,29-28?. The SMILES string of the molecule is CCCOc1ccc(NC(=O)/C=C2/SC(=NCc3ccccc3)N(Cc3ccccc3)C2=O)cc1. The Hall–Kier alpha value is -3.84. The van der Waals surface area contributed by atoms with Gasteiger partial charge in [0.05, 0.1) is 24.6 Å². The van der Waals surface area contributed by atoms with Gasteiger partial charge in [-0.2, -0.15) is 0 Å². The van der Waals surface area contributed by atoms with Gasteiger partial charge in [-0.15, -0.1) is 0 Å². The highest BCUT2D eigenvalue weighted by molar-refractivity contribution is 8.18. The van der Waals surface area contributed by atoms with Gasteiger partial charge < -0.3 is 10.1 Å². The van der Waals surface area contributed by atoms with Crippen molar-refractivity contribution in [2.75, 3.05) is 11.9 Å². The van der Waals surface area contributed by atoms with Crippen LogP contribution in [0.1, 0.15) is 24.5 Å². The highest BCUT2D eigenvalue weighted by Gasteiger charge is 2.33. The molecule has 7 heteroatoms. The lowest BCUT2D eigenvalue weighted by molar-refractivity contribution is -0.123. The van der Waals surface area contributed by atoms with Crippen LogP contribution in [0.4, 0.5) is 5.69 Å². The van der Waals surface area contributed by atoms with Crippen molar-refractivity contribution in [3.8, 4) is 5.75 Å². The van der Waals surface area contributed by atoms with E-state index in [2.05, 4.69) is 5.32 Å². The second kappa shape index (κ2) is 12.0. The zero-order chi connectivity index (χ0) is 24.5. The zero-order valence-corrected chi connectivity index (χ0v) is 20.3. The number of nitrogens with zero attached hydrogens (tertiary/aromatic N) is 2. The molecule has 0 aromatic heterocycles. The average Bonchev–Trinajstić information content (AvgIpc) is 3.17. The molecule has 0 saturated carbocycles. The van der Waals surface area contributed by atoms with Crippen LogP contribution in [-0.2, 0) is 22.7 Å². The molecule has 1 N–H and O–H groups in total. The van der Waals surface area contributed by atoms with Crippen molar-refractivity contribution in [3.05, 3.63) is 107 Å². The third-order valence-electron chi connectivity index (χ3n) is 5.17. The van der Waals surface area contributed by atoms with Crippen LogP contribution in [0.25, 0.3) is 0 Å². The number of hydrogen-bond acceptors (Lipinski definition) is 5. The van der Waals surface area contributed by atoms with E-state index in [-0.39, 0.29) is 11.8 Å². The van der Waals surface area contributed by atoms with Crippen LogP contribution in [0, 0.1) is 0 Å². The second-order valence-electron chi connectivity index (χ2n) is 7.93. The minimum absolute atomic E-state index is 0.232. The van der Waals surface area contributed by atoms with Gasteiger partial charge in [0, 0.05) is 11.8 Å². The van der Waals surface area contributed by atoms with Gasteiger partial charge in [0.15, 0.2) is 5.17 Å². The Morgan fingerprint density at radius 2 is 1.63 bits per heavy atom. The number of amidine groups is 1. The normalized spacial score (nSPS) is 15.6. The molecule has 35 heavy (non-hydrogen) atoms.